The second-order valence-electron chi connectivity index (χ2n) is 14.4. The smallest absolute Gasteiger partial charge is 0.335 e. The van der Waals surface area contributed by atoms with Gasteiger partial charge in [-0.25, -0.2) is 9.78 Å². The Labute approximate surface area is 317 Å². The third kappa shape index (κ3) is 9.92. The number of aromatic nitrogens is 3. The van der Waals surface area contributed by atoms with Gasteiger partial charge in [0, 0.05) is 54.1 Å². The molecule has 1 saturated carbocycles. The molecule has 6 rings (SSSR count). The van der Waals surface area contributed by atoms with Crippen molar-refractivity contribution in [2.45, 2.75) is 132 Å². The highest BCUT2D eigenvalue weighted by molar-refractivity contribution is 6.00. The fourth-order valence-corrected chi connectivity index (χ4v) is 7.61. The van der Waals surface area contributed by atoms with Crippen LogP contribution in [-0.4, -0.2) is 49.5 Å². The van der Waals surface area contributed by atoms with E-state index in [1.54, 1.807) is 6.07 Å². The minimum Gasteiger partial charge on any atom is -0.478 e. The number of rotatable bonds is 11. The van der Waals surface area contributed by atoms with Crippen LogP contribution >= 0.6 is 0 Å². The summed E-state index contributed by atoms with van der Waals surface area (Å²) in [6, 6.07) is 18.4. The summed E-state index contributed by atoms with van der Waals surface area (Å²) in [4.78, 5) is 34.6. The summed E-state index contributed by atoms with van der Waals surface area (Å²) in [6.45, 7) is 19.5. The van der Waals surface area contributed by atoms with E-state index >= 15 is 0 Å². The molecule has 3 heterocycles. The van der Waals surface area contributed by atoms with Crippen LogP contribution in [0.15, 0.2) is 60.8 Å². The van der Waals surface area contributed by atoms with Gasteiger partial charge in [0.25, 0.3) is 0 Å². The number of pyridine rings is 2. The van der Waals surface area contributed by atoms with Gasteiger partial charge in [-0.3, -0.25) is 9.78 Å². The van der Waals surface area contributed by atoms with Gasteiger partial charge in [-0.2, -0.15) is 0 Å². The van der Waals surface area contributed by atoms with Gasteiger partial charge in [0.05, 0.1) is 28.2 Å². The summed E-state index contributed by atoms with van der Waals surface area (Å²) in [5.41, 5.74) is 10.3. The van der Waals surface area contributed by atoms with Gasteiger partial charge in [-0.15, -0.1) is 0 Å². The van der Waals surface area contributed by atoms with E-state index < -0.39 is 5.97 Å². The largest absolute Gasteiger partial charge is 0.478 e. The molecular formula is C46H62N4O3. The van der Waals surface area contributed by atoms with Gasteiger partial charge in [0.15, 0.2) is 0 Å². The molecule has 0 saturated heterocycles. The van der Waals surface area contributed by atoms with Crippen LogP contribution < -0.4 is 0 Å². The lowest BCUT2D eigenvalue weighted by molar-refractivity contribution is -0.130. The molecule has 1 fully saturated rings. The molecule has 0 aliphatic heterocycles. The Kier molecular flexibility index (Phi) is 15.6. The van der Waals surface area contributed by atoms with E-state index in [0.29, 0.717) is 17.9 Å². The van der Waals surface area contributed by atoms with Crippen LogP contribution in [0.25, 0.3) is 44.5 Å². The highest BCUT2D eigenvalue weighted by Gasteiger charge is 2.28. The number of carbonyl (C=O) groups excluding carboxylic acids is 1. The number of amides is 1. The molecule has 0 bridgehead atoms. The first-order valence-electron chi connectivity index (χ1n) is 20.1. The SMILES string of the molecule is CCC.CCCN(CCC)C(=O)CC.CCCn1c(-c2ccc3nc(-c4cc(C)ccn4)ccc3c2C)c(C2CCCCC2)c2ccc(C(=O)O)cc21. The molecule has 1 aliphatic rings. The minimum absolute atomic E-state index is 0.286. The van der Waals surface area contributed by atoms with E-state index in [2.05, 4.69) is 94.4 Å². The van der Waals surface area contributed by atoms with Gasteiger partial charge in [-0.05, 0) is 105 Å². The summed E-state index contributed by atoms with van der Waals surface area (Å²) in [7, 11) is 0. The number of benzene rings is 2. The first-order valence-corrected chi connectivity index (χ1v) is 20.1. The molecular weight excluding hydrogens is 657 g/mol. The van der Waals surface area contributed by atoms with Crippen molar-refractivity contribution in [3.8, 4) is 22.6 Å². The van der Waals surface area contributed by atoms with Crippen molar-refractivity contribution in [3.05, 3.63) is 83.0 Å². The number of hydrogen-bond acceptors (Lipinski definition) is 4. The van der Waals surface area contributed by atoms with Crippen LogP contribution in [-0.2, 0) is 11.3 Å². The van der Waals surface area contributed by atoms with Crippen molar-refractivity contribution in [2.24, 2.45) is 0 Å². The fraction of sp³-hybridized carbons (Fsp3) is 0.478. The van der Waals surface area contributed by atoms with Crippen LogP contribution in [0.2, 0.25) is 0 Å². The lowest BCUT2D eigenvalue weighted by Gasteiger charge is -2.24. The molecule has 0 atom stereocenters. The molecule has 0 unspecified atom stereocenters. The quantitative estimate of drug-likeness (QED) is 0.147. The van der Waals surface area contributed by atoms with Crippen molar-refractivity contribution in [1.82, 2.24) is 19.4 Å². The van der Waals surface area contributed by atoms with Crippen molar-refractivity contribution in [1.29, 1.82) is 0 Å². The third-order valence-electron chi connectivity index (χ3n) is 10.0. The van der Waals surface area contributed by atoms with Crippen molar-refractivity contribution in [3.63, 3.8) is 0 Å². The van der Waals surface area contributed by atoms with Crippen molar-refractivity contribution >= 4 is 33.7 Å². The number of aromatic carboxylic acids is 1. The van der Waals surface area contributed by atoms with Crippen LogP contribution in [0.5, 0.6) is 0 Å². The third-order valence-corrected chi connectivity index (χ3v) is 10.0. The molecule has 0 radical (unpaired) electrons. The highest BCUT2D eigenvalue weighted by atomic mass is 16.4. The van der Waals surface area contributed by atoms with E-state index in [0.717, 1.165) is 66.7 Å². The average molecular weight is 719 g/mol. The molecule has 7 heteroatoms. The molecule has 5 aromatic rings. The van der Waals surface area contributed by atoms with E-state index in [1.165, 1.54) is 71.9 Å². The highest BCUT2D eigenvalue weighted by Crippen LogP contribution is 2.46. The van der Waals surface area contributed by atoms with E-state index in [-0.39, 0.29) is 5.91 Å². The summed E-state index contributed by atoms with van der Waals surface area (Å²) >= 11 is 0. The van der Waals surface area contributed by atoms with E-state index in [1.807, 2.05) is 30.2 Å². The zero-order chi connectivity index (χ0) is 38.5. The number of hydrogen-bond donors (Lipinski definition) is 1. The summed E-state index contributed by atoms with van der Waals surface area (Å²) < 4.78 is 2.39. The number of fused-ring (bicyclic) bond motifs is 2. The number of carboxylic acid groups (broad SMARTS) is 1. The van der Waals surface area contributed by atoms with Gasteiger partial charge in [0.1, 0.15) is 0 Å². The maximum Gasteiger partial charge on any atom is 0.335 e. The molecule has 1 aliphatic carbocycles. The second kappa shape index (κ2) is 20.1. The predicted molar refractivity (Wildman–Crippen MR) is 222 cm³/mol. The standard InChI is InChI=1S/C34H35N3O2.C9H19NO.C3H8/c1-4-18-37-31-20-24(34(38)39)10-11-27(31)32(23-8-6-5-7-9-23)33(37)26-13-14-28-25(22(26)3)12-15-29(36-28)30-19-21(2)16-17-35-30;1-4-7-10(8-5-2)9(11)6-3;1-3-2/h10-17,19-20,23H,4-9,18H2,1-3H3,(H,38,39);4-8H2,1-3H3;3H2,1-2H3. The summed E-state index contributed by atoms with van der Waals surface area (Å²) in [6.07, 6.45) is 13.0. The number of carbonyl (C=O) groups is 2. The van der Waals surface area contributed by atoms with Gasteiger partial charge >= 0.3 is 5.97 Å². The van der Waals surface area contributed by atoms with E-state index in [4.69, 9.17) is 4.98 Å². The Bertz CT molecular complexity index is 1970. The van der Waals surface area contributed by atoms with Crippen LogP contribution in [0, 0.1) is 13.8 Å². The number of carboxylic acids is 1. The van der Waals surface area contributed by atoms with E-state index in [9.17, 15) is 14.7 Å². The first kappa shape index (κ1) is 41.2. The zero-order valence-corrected chi connectivity index (χ0v) is 33.6. The van der Waals surface area contributed by atoms with Crippen molar-refractivity contribution in [2.75, 3.05) is 13.1 Å². The Hall–Kier alpha value is -4.52. The number of nitrogens with zero attached hydrogens (tertiary/aromatic N) is 4. The summed E-state index contributed by atoms with van der Waals surface area (Å²) in [5, 5.41) is 12.1. The first-order chi connectivity index (χ1) is 25.6. The maximum atomic E-state index is 11.9. The molecule has 53 heavy (non-hydrogen) atoms. The molecule has 2 aromatic carbocycles. The van der Waals surface area contributed by atoms with Crippen LogP contribution in [0.4, 0.5) is 0 Å². The Balaban J connectivity index is 0.000000383. The zero-order valence-electron chi connectivity index (χ0n) is 33.6. The lowest BCUT2D eigenvalue weighted by atomic mass is 9.81. The fourth-order valence-electron chi connectivity index (χ4n) is 7.61. The van der Waals surface area contributed by atoms with Crippen LogP contribution in [0.1, 0.15) is 139 Å². The molecule has 0 spiro atoms. The average Bonchev–Trinajstić information content (AvgIpc) is 3.48. The molecule has 1 amide bonds. The summed E-state index contributed by atoms with van der Waals surface area (Å²) in [5.74, 6) is -0.115. The van der Waals surface area contributed by atoms with Crippen molar-refractivity contribution < 1.29 is 14.7 Å². The molecule has 3 aromatic heterocycles. The number of aryl methyl sites for hydroxylation is 3. The topological polar surface area (TPSA) is 88.3 Å². The Morgan fingerprint density at radius 1 is 0.811 bits per heavy atom. The maximum absolute atomic E-state index is 11.9. The lowest BCUT2D eigenvalue weighted by Crippen LogP contribution is -2.31. The predicted octanol–water partition coefficient (Wildman–Crippen LogP) is 12.2. The van der Waals surface area contributed by atoms with Gasteiger partial charge < -0.3 is 14.6 Å². The molecule has 7 nitrogen and oxygen atoms in total. The van der Waals surface area contributed by atoms with Gasteiger partial charge in [-0.1, -0.05) is 85.4 Å². The second-order valence-corrected chi connectivity index (χ2v) is 14.4. The Morgan fingerprint density at radius 3 is 2.09 bits per heavy atom. The molecule has 284 valence electrons. The Morgan fingerprint density at radius 2 is 1.49 bits per heavy atom. The van der Waals surface area contributed by atoms with Crippen LogP contribution in [0.3, 0.4) is 0 Å². The van der Waals surface area contributed by atoms with Gasteiger partial charge in [0.2, 0.25) is 5.91 Å². The normalized spacial score (nSPS) is 12.9. The molecule has 1 N–H and O–H groups in total. The monoisotopic (exact) mass is 718 g/mol. The minimum atomic E-state index is -0.881.